The lowest BCUT2D eigenvalue weighted by molar-refractivity contribution is -0.147. The van der Waals surface area contributed by atoms with Gasteiger partial charge in [-0.2, -0.15) is 0 Å². The molecule has 6 nitrogen and oxygen atoms in total. The number of aliphatic imine (C=N–C) groups is 1. The van der Waals surface area contributed by atoms with Gasteiger partial charge in [-0.3, -0.25) is 14.5 Å². The fourth-order valence-electron chi connectivity index (χ4n) is 2.47. The number of hydrogen-bond donors (Lipinski definition) is 2. The maximum atomic E-state index is 11.8. The molecule has 1 aliphatic heterocycles. The highest BCUT2D eigenvalue weighted by atomic mass is 127. The highest BCUT2D eigenvalue weighted by molar-refractivity contribution is 14.0. The van der Waals surface area contributed by atoms with Crippen molar-refractivity contribution >= 4 is 53.4 Å². The Morgan fingerprint density at radius 1 is 1.20 bits per heavy atom. The summed E-state index contributed by atoms with van der Waals surface area (Å²) in [6.07, 6.45) is 1.56. The van der Waals surface area contributed by atoms with Crippen molar-refractivity contribution in [1.82, 2.24) is 15.5 Å². The van der Waals surface area contributed by atoms with Gasteiger partial charge in [-0.1, -0.05) is 29.8 Å². The summed E-state index contributed by atoms with van der Waals surface area (Å²) in [4.78, 5) is 29.4. The van der Waals surface area contributed by atoms with Crippen LogP contribution < -0.4 is 10.6 Å². The normalized spacial score (nSPS) is 15.0. The molecule has 0 aliphatic carbocycles. The van der Waals surface area contributed by atoms with Gasteiger partial charge in [-0.05, 0) is 25.0 Å². The van der Waals surface area contributed by atoms with Crippen molar-refractivity contribution in [2.45, 2.75) is 32.7 Å². The number of imide groups is 1. The predicted molar refractivity (Wildman–Crippen MR) is 110 cm³/mol. The van der Waals surface area contributed by atoms with E-state index in [1.807, 2.05) is 31.2 Å². The summed E-state index contributed by atoms with van der Waals surface area (Å²) < 4.78 is 0. The largest absolute Gasteiger partial charge is 0.357 e. The molecule has 1 heterocycles. The van der Waals surface area contributed by atoms with Gasteiger partial charge in [0.25, 0.3) is 0 Å². The van der Waals surface area contributed by atoms with Crippen LogP contribution in [0.1, 0.15) is 31.7 Å². The van der Waals surface area contributed by atoms with Crippen molar-refractivity contribution in [2.24, 2.45) is 4.99 Å². The van der Waals surface area contributed by atoms with Gasteiger partial charge in [0.05, 0.1) is 6.54 Å². The molecule has 0 saturated carbocycles. The average molecular weight is 479 g/mol. The number of rotatable bonds is 6. The second-order valence-electron chi connectivity index (χ2n) is 5.51. The topological polar surface area (TPSA) is 73.8 Å². The smallest absolute Gasteiger partial charge is 0.229 e. The summed E-state index contributed by atoms with van der Waals surface area (Å²) in [5.41, 5.74) is 0.942. The number of nitrogens with one attached hydrogen (secondary N) is 2. The first-order chi connectivity index (χ1) is 11.6. The molecule has 2 amide bonds. The second kappa shape index (κ2) is 11.3. The van der Waals surface area contributed by atoms with E-state index in [1.165, 1.54) is 4.90 Å². The van der Waals surface area contributed by atoms with E-state index in [9.17, 15) is 9.59 Å². The third kappa shape index (κ3) is 6.81. The lowest BCUT2D eigenvalue weighted by atomic mass is 10.1. The molecule has 2 rings (SSSR count). The Morgan fingerprint density at radius 3 is 2.52 bits per heavy atom. The van der Waals surface area contributed by atoms with Crippen LogP contribution in [0.5, 0.6) is 0 Å². The van der Waals surface area contributed by atoms with Crippen molar-refractivity contribution in [3.05, 3.63) is 34.9 Å². The highest BCUT2D eigenvalue weighted by Crippen LogP contribution is 2.15. The molecular formula is C17H24ClIN4O2. The maximum absolute atomic E-state index is 11.8. The van der Waals surface area contributed by atoms with Crippen LogP contribution in [0, 0.1) is 0 Å². The minimum absolute atomic E-state index is 0. The van der Waals surface area contributed by atoms with Crippen molar-refractivity contribution in [1.29, 1.82) is 0 Å². The van der Waals surface area contributed by atoms with Crippen LogP contribution in [0.4, 0.5) is 0 Å². The maximum Gasteiger partial charge on any atom is 0.229 e. The van der Waals surface area contributed by atoms with Gasteiger partial charge in [-0.15, -0.1) is 24.0 Å². The number of hydrogen-bond acceptors (Lipinski definition) is 3. The van der Waals surface area contributed by atoms with Gasteiger partial charge in [-0.25, -0.2) is 4.99 Å². The summed E-state index contributed by atoms with van der Waals surface area (Å²) >= 11 is 6.13. The van der Waals surface area contributed by atoms with Crippen molar-refractivity contribution in [3.8, 4) is 0 Å². The van der Waals surface area contributed by atoms with Crippen LogP contribution in [0.25, 0.3) is 0 Å². The van der Waals surface area contributed by atoms with Crippen LogP contribution in [0.3, 0.4) is 0 Å². The number of guanidine groups is 1. The van der Waals surface area contributed by atoms with E-state index in [2.05, 4.69) is 15.6 Å². The monoisotopic (exact) mass is 478 g/mol. The summed E-state index contributed by atoms with van der Waals surface area (Å²) in [5, 5.41) is 6.97. The zero-order valence-corrected chi connectivity index (χ0v) is 17.3. The molecule has 0 radical (unpaired) electrons. The quantitative estimate of drug-likeness (QED) is 0.285. The summed E-state index contributed by atoms with van der Waals surface area (Å²) in [7, 11) is 0. The Morgan fingerprint density at radius 2 is 1.88 bits per heavy atom. The number of halogens is 2. The zero-order chi connectivity index (χ0) is 17.4. The van der Waals surface area contributed by atoms with Gasteiger partial charge in [0.15, 0.2) is 5.96 Å². The molecule has 0 unspecified atom stereocenters. The minimum atomic E-state index is -0.0916. The Balaban J connectivity index is 0.00000312. The van der Waals surface area contributed by atoms with Crippen LogP contribution in [-0.2, 0) is 16.1 Å². The molecule has 1 aliphatic rings. The second-order valence-corrected chi connectivity index (χ2v) is 5.91. The van der Waals surface area contributed by atoms with Crippen molar-refractivity contribution < 1.29 is 9.59 Å². The molecule has 25 heavy (non-hydrogen) atoms. The standard InChI is InChI=1S/C17H23ClN4O2.HI/c1-2-19-17(21-12-13-6-3-4-7-14(13)18)20-10-11-22-15(23)8-5-9-16(22)24;/h3-4,6-7H,2,5,8-12H2,1H3,(H2,19,20,21);1H. The Bertz CT molecular complexity index is 608. The highest BCUT2D eigenvalue weighted by Gasteiger charge is 2.25. The van der Waals surface area contributed by atoms with E-state index >= 15 is 0 Å². The van der Waals surface area contributed by atoms with Crippen LogP contribution in [-0.4, -0.2) is 42.3 Å². The molecule has 0 aromatic heterocycles. The fraction of sp³-hybridized carbons (Fsp3) is 0.471. The van der Waals surface area contributed by atoms with Gasteiger partial charge < -0.3 is 10.6 Å². The van der Waals surface area contributed by atoms with E-state index < -0.39 is 0 Å². The van der Waals surface area contributed by atoms with E-state index in [1.54, 1.807) is 0 Å². The average Bonchev–Trinajstić information content (AvgIpc) is 2.56. The third-order valence-electron chi connectivity index (χ3n) is 3.72. The molecule has 1 aromatic rings. The number of benzene rings is 1. The van der Waals surface area contributed by atoms with Crippen LogP contribution in [0.15, 0.2) is 29.3 Å². The summed E-state index contributed by atoms with van der Waals surface area (Å²) in [6.45, 7) is 3.97. The van der Waals surface area contributed by atoms with Crippen LogP contribution in [0.2, 0.25) is 5.02 Å². The molecule has 2 N–H and O–H groups in total. The van der Waals surface area contributed by atoms with Crippen molar-refractivity contribution in [2.75, 3.05) is 19.6 Å². The molecular weight excluding hydrogens is 455 g/mol. The zero-order valence-electron chi connectivity index (χ0n) is 14.3. The van der Waals surface area contributed by atoms with E-state index in [0.717, 1.165) is 12.1 Å². The molecule has 1 saturated heterocycles. The number of carbonyl (C=O) groups excluding carboxylic acids is 2. The Hall–Kier alpha value is -1.35. The minimum Gasteiger partial charge on any atom is -0.357 e. The summed E-state index contributed by atoms with van der Waals surface area (Å²) in [6, 6.07) is 7.57. The molecule has 1 aromatic carbocycles. The Labute approximate surface area is 170 Å². The van der Waals surface area contributed by atoms with Crippen LogP contribution >= 0.6 is 35.6 Å². The van der Waals surface area contributed by atoms with Gasteiger partial charge >= 0.3 is 0 Å². The molecule has 0 bridgehead atoms. The molecule has 0 spiro atoms. The lowest BCUT2D eigenvalue weighted by Gasteiger charge is -2.25. The van der Waals surface area contributed by atoms with Gasteiger partial charge in [0, 0.05) is 37.5 Å². The number of nitrogens with zero attached hydrogens (tertiary/aromatic N) is 2. The van der Waals surface area contributed by atoms with E-state index in [-0.39, 0.29) is 35.8 Å². The predicted octanol–water partition coefficient (Wildman–Crippen LogP) is 2.55. The van der Waals surface area contributed by atoms with E-state index in [0.29, 0.717) is 49.9 Å². The molecule has 1 fully saturated rings. The molecule has 0 atom stereocenters. The van der Waals surface area contributed by atoms with Crippen molar-refractivity contribution in [3.63, 3.8) is 0 Å². The van der Waals surface area contributed by atoms with Gasteiger partial charge in [0.2, 0.25) is 11.8 Å². The fourth-order valence-corrected chi connectivity index (χ4v) is 2.66. The first-order valence-corrected chi connectivity index (χ1v) is 8.58. The Kier molecular flexibility index (Phi) is 9.81. The first-order valence-electron chi connectivity index (χ1n) is 8.20. The SMILES string of the molecule is CCNC(=NCc1ccccc1Cl)NCCN1C(=O)CCCC1=O.I. The number of amides is 2. The van der Waals surface area contributed by atoms with Gasteiger partial charge in [0.1, 0.15) is 0 Å². The number of likely N-dealkylation sites (tertiary alicyclic amines) is 1. The first kappa shape index (κ1) is 21.7. The lowest BCUT2D eigenvalue weighted by Crippen LogP contribution is -2.46. The number of piperidine rings is 1. The third-order valence-corrected chi connectivity index (χ3v) is 4.09. The number of carbonyl (C=O) groups is 2. The molecule has 138 valence electrons. The molecule has 8 heteroatoms. The summed E-state index contributed by atoms with van der Waals surface area (Å²) in [5.74, 6) is 0.450. The van der Waals surface area contributed by atoms with E-state index in [4.69, 9.17) is 11.6 Å².